The Bertz CT molecular complexity index is 731. The summed E-state index contributed by atoms with van der Waals surface area (Å²) in [6.45, 7) is 6.03. The van der Waals surface area contributed by atoms with E-state index in [9.17, 15) is 13.2 Å². The number of piperidine rings is 1. The first-order valence-electron chi connectivity index (χ1n) is 10.3. The van der Waals surface area contributed by atoms with Gasteiger partial charge in [0.05, 0.1) is 4.90 Å². The van der Waals surface area contributed by atoms with Gasteiger partial charge < -0.3 is 4.90 Å². The molecule has 0 bridgehead atoms. The molecule has 6 heteroatoms. The first-order chi connectivity index (χ1) is 12.9. The normalized spacial score (nSPS) is 20.5. The van der Waals surface area contributed by atoms with E-state index in [1.807, 2.05) is 11.8 Å². The van der Waals surface area contributed by atoms with E-state index in [0.717, 1.165) is 25.7 Å². The molecule has 1 aromatic carbocycles. The Morgan fingerprint density at radius 2 is 1.63 bits per heavy atom. The van der Waals surface area contributed by atoms with E-state index in [2.05, 4.69) is 6.92 Å². The lowest BCUT2D eigenvalue weighted by atomic mass is 9.93. The maximum Gasteiger partial charge on any atom is 0.254 e. The second-order valence-electron chi connectivity index (χ2n) is 7.99. The summed E-state index contributed by atoms with van der Waals surface area (Å²) in [6.07, 6.45) is 7.56. The van der Waals surface area contributed by atoms with Gasteiger partial charge in [-0.15, -0.1) is 0 Å². The third kappa shape index (κ3) is 4.54. The minimum absolute atomic E-state index is 0.0140. The molecule has 1 saturated heterocycles. The molecule has 0 radical (unpaired) electrons. The van der Waals surface area contributed by atoms with Crippen molar-refractivity contribution in [1.29, 1.82) is 0 Å². The average molecular weight is 393 g/mol. The molecule has 1 aliphatic carbocycles. The van der Waals surface area contributed by atoms with E-state index in [1.165, 1.54) is 19.3 Å². The number of carbonyl (C=O) groups is 1. The first-order valence-corrected chi connectivity index (χ1v) is 11.8. The van der Waals surface area contributed by atoms with E-state index in [-0.39, 0.29) is 10.8 Å². The summed E-state index contributed by atoms with van der Waals surface area (Å²) in [4.78, 5) is 15.2. The molecular weight excluding hydrogens is 360 g/mol. The van der Waals surface area contributed by atoms with Crippen LogP contribution in [0.15, 0.2) is 29.2 Å². The lowest BCUT2D eigenvalue weighted by Gasteiger charge is -2.33. The Kier molecular flexibility index (Phi) is 6.58. The van der Waals surface area contributed by atoms with E-state index < -0.39 is 10.0 Å². The summed E-state index contributed by atoms with van der Waals surface area (Å²) >= 11 is 0. The molecule has 1 heterocycles. The number of hydrogen-bond acceptors (Lipinski definition) is 3. The van der Waals surface area contributed by atoms with Gasteiger partial charge in [-0.1, -0.05) is 26.2 Å². The van der Waals surface area contributed by atoms with Gasteiger partial charge in [0.1, 0.15) is 0 Å². The van der Waals surface area contributed by atoms with Crippen LogP contribution >= 0.6 is 0 Å². The van der Waals surface area contributed by atoms with Crippen LogP contribution in [-0.2, 0) is 10.0 Å². The van der Waals surface area contributed by atoms with E-state index in [1.54, 1.807) is 28.6 Å². The van der Waals surface area contributed by atoms with Crippen molar-refractivity contribution in [3.63, 3.8) is 0 Å². The van der Waals surface area contributed by atoms with Crippen molar-refractivity contribution >= 4 is 15.9 Å². The largest absolute Gasteiger partial charge is 0.336 e. The molecule has 1 aliphatic heterocycles. The van der Waals surface area contributed by atoms with Crippen LogP contribution in [0.25, 0.3) is 0 Å². The van der Waals surface area contributed by atoms with Crippen molar-refractivity contribution in [1.82, 2.24) is 9.21 Å². The van der Waals surface area contributed by atoms with Crippen LogP contribution in [-0.4, -0.2) is 49.2 Å². The molecule has 2 aliphatic rings. The third-order valence-corrected chi connectivity index (χ3v) is 8.01. The van der Waals surface area contributed by atoms with Crippen LogP contribution in [0.1, 0.15) is 69.2 Å². The maximum absolute atomic E-state index is 12.9. The van der Waals surface area contributed by atoms with Gasteiger partial charge in [-0.05, 0) is 62.8 Å². The Morgan fingerprint density at radius 3 is 2.19 bits per heavy atom. The summed E-state index contributed by atoms with van der Waals surface area (Å²) in [5.41, 5.74) is 0.577. The molecule has 150 valence electrons. The lowest BCUT2D eigenvalue weighted by molar-refractivity contribution is 0.0648. The molecule has 0 N–H and O–H groups in total. The molecule has 3 rings (SSSR count). The molecule has 0 aromatic heterocycles. The number of hydrogen-bond donors (Lipinski definition) is 0. The third-order valence-electron chi connectivity index (χ3n) is 6.10. The Labute approximate surface area is 163 Å². The van der Waals surface area contributed by atoms with Gasteiger partial charge >= 0.3 is 0 Å². The highest BCUT2D eigenvalue weighted by molar-refractivity contribution is 7.89. The summed E-state index contributed by atoms with van der Waals surface area (Å²) in [5.74, 6) is 0.594. The second-order valence-corrected chi connectivity index (χ2v) is 9.93. The van der Waals surface area contributed by atoms with Crippen molar-refractivity contribution in [2.75, 3.05) is 19.6 Å². The van der Waals surface area contributed by atoms with Gasteiger partial charge in [0.2, 0.25) is 10.0 Å². The SMILES string of the molecule is CCN(C(=O)c1ccc(S(=O)(=O)N2CCC(C)CC2)cc1)C1CCCCC1. The Balaban J connectivity index is 1.73. The molecule has 2 fully saturated rings. The second kappa shape index (κ2) is 8.74. The van der Waals surface area contributed by atoms with Gasteiger partial charge in [0, 0.05) is 31.2 Å². The fraction of sp³-hybridized carbons (Fsp3) is 0.667. The average Bonchev–Trinajstić information content (AvgIpc) is 2.70. The Hall–Kier alpha value is -1.40. The van der Waals surface area contributed by atoms with Gasteiger partial charge in [-0.3, -0.25) is 4.79 Å². The number of rotatable bonds is 5. The van der Waals surface area contributed by atoms with Crippen molar-refractivity contribution < 1.29 is 13.2 Å². The van der Waals surface area contributed by atoms with Gasteiger partial charge in [0.15, 0.2) is 0 Å². The molecule has 0 atom stereocenters. The molecular formula is C21H32N2O3S. The van der Waals surface area contributed by atoms with E-state index in [4.69, 9.17) is 0 Å². The van der Waals surface area contributed by atoms with Gasteiger partial charge in [0.25, 0.3) is 5.91 Å². The highest BCUT2D eigenvalue weighted by atomic mass is 32.2. The standard InChI is InChI=1S/C21H32N2O3S/c1-3-23(19-7-5-4-6-8-19)21(24)18-9-11-20(12-10-18)27(25,26)22-15-13-17(2)14-16-22/h9-12,17,19H,3-8,13-16H2,1-2H3. The number of carbonyl (C=O) groups excluding carboxylic acids is 1. The topological polar surface area (TPSA) is 57.7 Å². The predicted octanol–water partition coefficient (Wildman–Crippen LogP) is 3.90. The molecule has 1 aromatic rings. The van der Waals surface area contributed by atoms with Crippen LogP contribution in [0.5, 0.6) is 0 Å². The number of benzene rings is 1. The maximum atomic E-state index is 12.9. The Morgan fingerprint density at radius 1 is 1.04 bits per heavy atom. The van der Waals surface area contributed by atoms with E-state index >= 15 is 0 Å². The van der Waals surface area contributed by atoms with E-state index in [0.29, 0.717) is 37.2 Å². The molecule has 0 unspecified atom stereocenters. The van der Waals surface area contributed by atoms with Crippen LogP contribution < -0.4 is 0 Å². The lowest BCUT2D eigenvalue weighted by Crippen LogP contribution is -2.41. The highest BCUT2D eigenvalue weighted by Gasteiger charge is 2.29. The predicted molar refractivity (Wildman–Crippen MR) is 107 cm³/mol. The van der Waals surface area contributed by atoms with Crippen molar-refractivity contribution in [2.24, 2.45) is 5.92 Å². The van der Waals surface area contributed by atoms with Crippen LogP contribution in [0.3, 0.4) is 0 Å². The van der Waals surface area contributed by atoms with Crippen LogP contribution in [0.2, 0.25) is 0 Å². The van der Waals surface area contributed by atoms with Crippen LogP contribution in [0.4, 0.5) is 0 Å². The van der Waals surface area contributed by atoms with Crippen molar-refractivity contribution in [3.8, 4) is 0 Å². The van der Waals surface area contributed by atoms with Gasteiger partial charge in [-0.25, -0.2) is 8.42 Å². The quantitative estimate of drug-likeness (QED) is 0.763. The summed E-state index contributed by atoms with van der Waals surface area (Å²) < 4.78 is 27.3. The highest BCUT2D eigenvalue weighted by Crippen LogP contribution is 2.26. The van der Waals surface area contributed by atoms with Gasteiger partial charge in [-0.2, -0.15) is 4.31 Å². The number of sulfonamides is 1. The molecule has 1 amide bonds. The zero-order valence-corrected chi connectivity index (χ0v) is 17.4. The summed E-state index contributed by atoms with van der Waals surface area (Å²) in [7, 11) is -3.47. The minimum atomic E-state index is -3.47. The number of nitrogens with zero attached hydrogens (tertiary/aromatic N) is 2. The summed E-state index contributed by atoms with van der Waals surface area (Å²) in [6, 6.07) is 6.85. The molecule has 0 spiro atoms. The summed E-state index contributed by atoms with van der Waals surface area (Å²) in [5, 5.41) is 0. The monoisotopic (exact) mass is 392 g/mol. The molecule has 1 saturated carbocycles. The first kappa shape index (κ1) is 20.3. The number of amides is 1. The molecule has 5 nitrogen and oxygen atoms in total. The fourth-order valence-electron chi connectivity index (χ4n) is 4.27. The zero-order chi connectivity index (χ0) is 19.4. The fourth-order valence-corrected chi connectivity index (χ4v) is 5.74. The van der Waals surface area contributed by atoms with Crippen molar-refractivity contribution in [2.45, 2.75) is 69.7 Å². The van der Waals surface area contributed by atoms with Crippen LogP contribution in [0, 0.1) is 5.92 Å². The van der Waals surface area contributed by atoms with Crippen molar-refractivity contribution in [3.05, 3.63) is 29.8 Å². The smallest absolute Gasteiger partial charge is 0.254 e. The molecule has 27 heavy (non-hydrogen) atoms. The minimum Gasteiger partial charge on any atom is -0.336 e. The zero-order valence-electron chi connectivity index (χ0n) is 16.6.